The Morgan fingerprint density at radius 1 is 0.860 bits per heavy atom. The normalized spacial score (nSPS) is 11.4. The second-order valence-electron chi connectivity index (χ2n) is 9.40. The Hall–Kier alpha value is -5.20. The molecule has 0 aliphatic rings. The highest BCUT2D eigenvalue weighted by molar-refractivity contribution is 7.81. The zero-order chi connectivity index (χ0) is 30.3. The number of carbonyl (C=O) groups excluding carboxylic acids is 1. The number of rotatable bonds is 11. The molecule has 0 fully saturated rings. The van der Waals surface area contributed by atoms with Crippen molar-refractivity contribution in [2.75, 3.05) is 41.0 Å². The first-order chi connectivity index (χ1) is 20.8. The Morgan fingerprint density at radius 2 is 1.53 bits per heavy atom. The van der Waals surface area contributed by atoms with Crippen LogP contribution in [0.2, 0.25) is 0 Å². The maximum Gasteiger partial charge on any atom is 0.268 e. The highest BCUT2D eigenvalue weighted by Crippen LogP contribution is 2.36. The molecule has 0 aliphatic carbocycles. The van der Waals surface area contributed by atoms with E-state index < -0.39 is 11.3 Å². The number of carbonyl (C=O) groups is 1. The molecule has 12 heteroatoms. The number of benzene rings is 4. The van der Waals surface area contributed by atoms with Crippen molar-refractivity contribution in [3.8, 4) is 11.5 Å². The van der Waals surface area contributed by atoms with Crippen LogP contribution in [0.15, 0.2) is 91.0 Å². The maximum atomic E-state index is 12.9. The fourth-order valence-electron chi connectivity index (χ4n) is 4.38. The molecule has 1 amide bonds. The average molecular weight is 599 g/mol. The third-order valence-electron chi connectivity index (χ3n) is 6.46. The molecule has 0 spiro atoms. The first-order valence-electron chi connectivity index (χ1n) is 13.2. The van der Waals surface area contributed by atoms with Crippen molar-refractivity contribution in [1.29, 1.82) is 0 Å². The van der Waals surface area contributed by atoms with Crippen LogP contribution < -0.4 is 29.7 Å². The molecule has 11 nitrogen and oxygen atoms in total. The summed E-state index contributed by atoms with van der Waals surface area (Å²) in [5, 5.41) is 9.17. The van der Waals surface area contributed by atoms with Gasteiger partial charge in [-0.25, -0.2) is 18.5 Å². The van der Waals surface area contributed by atoms with E-state index in [1.165, 1.54) is 0 Å². The van der Waals surface area contributed by atoms with E-state index in [0.29, 0.717) is 39.6 Å². The molecule has 1 unspecified atom stereocenters. The largest absolute Gasteiger partial charge is 0.497 e. The van der Waals surface area contributed by atoms with E-state index >= 15 is 0 Å². The van der Waals surface area contributed by atoms with Crippen molar-refractivity contribution in [2.24, 2.45) is 0 Å². The van der Waals surface area contributed by atoms with Crippen molar-refractivity contribution in [2.45, 2.75) is 6.92 Å². The van der Waals surface area contributed by atoms with E-state index in [4.69, 9.17) is 19.4 Å². The first-order valence-corrected chi connectivity index (χ1v) is 14.3. The number of fused-ring (bicyclic) bond motifs is 1. The van der Waals surface area contributed by atoms with Crippen molar-refractivity contribution in [3.05, 3.63) is 96.6 Å². The van der Waals surface area contributed by atoms with Gasteiger partial charge in [-0.3, -0.25) is 9.35 Å². The van der Waals surface area contributed by atoms with Crippen LogP contribution in [-0.2, 0) is 16.1 Å². The smallest absolute Gasteiger partial charge is 0.268 e. The second-order valence-corrected chi connectivity index (χ2v) is 10.2. The predicted molar refractivity (Wildman–Crippen MR) is 170 cm³/mol. The van der Waals surface area contributed by atoms with Gasteiger partial charge in [0.25, 0.3) is 11.3 Å². The molecule has 4 aromatic carbocycles. The SMILES string of the molecule is COc1cc(Nc2nc3ccccc3nc2N(c2cccc(NC(=O)CNc3ccccc3C)c2)S(=O)O)cc(OC)c1. The van der Waals surface area contributed by atoms with Crippen LogP contribution in [0.5, 0.6) is 11.5 Å². The van der Waals surface area contributed by atoms with Gasteiger partial charge in [-0.15, -0.1) is 0 Å². The van der Waals surface area contributed by atoms with Gasteiger partial charge in [0.1, 0.15) is 11.5 Å². The van der Waals surface area contributed by atoms with Gasteiger partial charge in [-0.1, -0.05) is 36.4 Å². The summed E-state index contributed by atoms with van der Waals surface area (Å²) < 4.78 is 35.3. The fourth-order valence-corrected chi connectivity index (χ4v) is 4.95. The number of anilines is 6. The molecule has 1 aromatic heterocycles. The third kappa shape index (κ3) is 7.00. The molecule has 220 valence electrons. The van der Waals surface area contributed by atoms with Crippen LogP contribution in [0.25, 0.3) is 11.0 Å². The quantitative estimate of drug-likeness (QED) is 0.134. The molecular formula is C31H30N6O5S. The number of para-hydroxylation sites is 3. The van der Waals surface area contributed by atoms with Crippen LogP contribution in [0, 0.1) is 6.92 Å². The van der Waals surface area contributed by atoms with Crippen LogP contribution >= 0.6 is 0 Å². The molecule has 5 aromatic rings. The van der Waals surface area contributed by atoms with Gasteiger partial charge in [0.2, 0.25) is 5.91 Å². The number of nitrogens with one attached hydrogen (secondary N) is 3. The van der Waals surface area contributed by atoms with Gasteiger partial charge in [0, 0.05) is 35.3 Å². The summed E-state index contributed by atoms with van der Waals surface area (Å²) in [6, 6.07) is 26.7. The summed E-state index contributed by atoms with van der Waals surface area (Å²) >= 11 is -2.56. The lowest BCUT2D eigenvalue weighted by molar-refractivity contribution is -0.114. The lowest BCUT2D eigenvalue weighted by Crippen LogP contribution is -2.24. The number of ether oxygens (including phenoxy) is 2. The zero-order valence-corrected chi connectivity index (χ0v) is 24.5. The molecule has 43 heavy (non-hydrogen) atoms. The minimum absolute atomic E-state index is 0.0406. The third-order valence-corrected chi connectivity index (χ3v) is 7.16. The predicted octanol–water partition coefficient (Wildman–Crippen LogP) is 6.02. The van der Waals surface area contributed by atoms with Crippen LogP contribution in [0.4, 0.5) is 34.4 Å². The number of hydrogen-bond donors (Lipinski definition) is 4. The van der Waals surface area contributed by atoms with Crippen LogP contribution in [0.3, 0.4) is 0 Å². The summed E-state index contributed by atoms with van der Waals surface area (Å²) in [5.74, 6) is 1.11. The van der Waals surface area contributed by atoms with E-state index in [2.05, 4.69) is 16.0 Å². The van der Waals surface area contributed by atoms with Gasteiger partial charge in [0.15, 0.2) is 11.6 Å². The zero-order valence-electron chi connectivity index (χ0n) is 23.7. The van der Waals surface area contributed by atoms with Crippen molar-refractivity contribution >= 4 is 62.6 Å². The van der Waals surface area contributed by atoms with Gasteiger partial charge < -0.3 is 25.4 Å². The topological polar surface area (TPSA) is 138 Å². The van der Waals surface area contributed by atoms with Crippen LogP contribution in [-0.4, -0.2) is 45.4 Å². The second kappa shape index (κ2) is 13.2. The summed E-state index contributed by atoms with van der Waals surface area (Å²) in [7, 11) is 3.09. The molecular weight excluding hydrogens is 568 g/mol. The lowest BCUT2D eigenvalue weighted by Gasteiger charge is -2.23. The number of amides is 1. The average Bonchev–Trinajstić information content (AvgIpc) is 3.00. The highest BCUT2D eigenvalue weighted by Gasteiger charge is 2.24. The number of aryl methyl sites for hydroxylation is 1. The Kier molecular flexibility index (Phi) is 8.99. The lowest BCUT2D eigenvalue weighted by atomic mass is 10.2. The summed E-state index contributed by atoms with van der Waals surface area (Å²) in [5.41, 5.74) is 4.28. The monoisotopic (exact) mass is 598 g/mol. The number of aromatic nitrogens is 2. The van der Waals surface area contributed by atoms with Gasteiger partial charge in [0.05, 0.1) is 37.5 Å². The first kappa shape index (κ1) is 29.3. The number of methoxy groups -OCH3 is 2. The molecule has 4 N–H and O–H groups in total. The minimum Gasteiger partial charge on any atom is -0.497 e. The Morgan fingerprint density at radius 3 is 2.21 bits per heavy atom. The molecule has 0 aliphatic heterocycles. The van der Waals surface area contributed by atoms with Gasteiger partial charge in [-0.05, 0) is 48.9 Å². The summed E-state index contributed by atoms with van der Waals surface area (Å²) in [6.45, 7) is 2.00. The number of nitrogens with zero attached hydrogens (tertiary/aromatic N) is 3. The highest BCUT2D eigenvalue weighted by atomic mass is 32.2. The molecule has 0 saturated carbocycles. The van der Waals surface area contributed by atoms with E-state index in [1.54, 1.807) is 68.8 Å². The Labute approximate surface area is 251 Å². The molecule has 5 rings (SSSR count). The Bertz CT molecular complexity index is 1780. The summed E-state index contributed by atoms with van der Waals surface area (Å²) in [4.78, 5) is 22.2. The fraction of sp³-hybridized carbons (Fsp3) is 0.129. The van der Waals surface area contributed by atoms with Crippen LogP contribution in [0.1, 0.15) is 5.56 Å². The van der Waals surface area contributed by atoms with E-state index in [1.807, 2.05) is 43.3 Å². The van der Waals surface area contributed by atoms with Gasteiger partial charge in [-0.2, -0.15) is 0 Å². The van der Waals surface area contributed by atoms with Gasteiger partial charge >= 0.3 is 0 Å². The molecule has 0 radical (unpaired) electrons. The molecule has 0 saturated heterocycles. The van der Waals surface area contributed by atoms with E-state index in [0.717, 1.165) is 15.6 Å². The Balaban J connectivity index is 1.48. The van der Waals surface area contributed by atoms with E-state index in [9.17, 15) is 13.6 Å². The number of hydrogen-bond acceptors (Lipinski definition) is 8. The standard InChI is InChI=1S/C31H30N6O5S/c1-20-9-4-5-12-26(20)32-19-29(38)33-21-10-8-11-23(15-21)37(43(39)40)31-30(35-27-13-6-7-14-28(27)36-31)34-22-16-24(41-2)18-25(17-22)42-3/h4-18,32H,19H2,1-3H3,(H,33,38)(H,34,35)(H,39,40). The van der Waals surface area contributed by atoms with E-state index in [-0.39, 0.29) is 24.1 Å². The van der Waals surface area contributed by atoms with Crippen molar-refractivity contribution < 1.29 is 23.0 Å². The minimum atomic E-state index is -2.56. The molecule has 1 heterocycles. The van der Waals surface area contributed by atoms with Crippen molar-refractivity contribution in [1.82, 2.24) is 9.97 Å². The molecule has 1 atom stereocenters. The van der Waals surface area contributed by atoms with Crippen molar-refractivity contribution in [3.63, 3.8) is 0 Å². The summed E-state index contributed by atoms with van der Waals surface area (Å²) in [6.07, 6.45) is 0. The molecule has 0 bridgehead atoms. The maximum absolute atomic E-state index is 12.9.